The SMILES string of the molecule is O=C1c2[nH]nc(-c3ccccc3O)c2[C@H](c2ccccc2)N1[C@H]1CCS(=O)(=O)C1. The molecule has 2 aromatic carbocycles. The normalized spacial score (nSPS) is 22.8. The summed E-state index contributed by atoms with van der Waals surface area (Å²) in [7, 11) is -3.16. The second kappa shape index (κ2) is 6.45. The quantitative estimate of drug-likeness (QED) is 0.692. The number of sulfone groups is 1. The second-order valence-corrected chi connectivity index (χ2v) is 9.69. The molecule has 1 aromatic heterocycles. The summed E-state index contributed by atoms with van der Waals surface area (Å²) in [5, 5.41) is 17.5. The largest absolute Gasteiger partial charge is 0.507 e. The first-order chi connectivity index (χ1) is 14.0. The van der Waals surface area contributed by atoms with Crippen LogP contribution >= 0.6 is 0 Å². The van der Waals surface area contributed by atoms with Crippen molar-refractivity contribution in [2.75, 3.05) is 11.5 Å². The lowest BCUT2D eigenvalue weighted by Crippen LogP contribution is -2.40. The first kappa shape index (κ1) is 17.9. The fourth-order valence-electron chi connectivity index (χ4n) is 4.38. The first-order valence-electron chi connectivity index (χ1n) is 9.41. The molecule has 0 aliphatic carbocycles. The molecule has 0 unspecified atom stereocenters. The van der Waals surface area contributed by atoms with E-state index in [1.807, 2.05) is 30.3 Å². The van der Waals surface area contributed by atoms with Gasteiger partial charge in [0.15, 0.2) is 9.84 Å². The molecule has 1 fully saturated rings. The van der Waals surface area contributed by atoms with Gasteiger partial charge in [0.05, 0.1) is 17.5 Å². The molecule has 1 amide bonds. The van der Waals surface area contributed by atoms with Crippen LogP contribution in [-0.2, 0) is 9.84 Å². The van der Waals surface area contributed by atoms with Gasteiger partial charge in [-0.15, -0.1) is 0 Å². The number of hydrogen-bond donors (Lipinski definition) is 2. The van der Waals surface area contributed by atoms with Gasteiger partial charge >= 0.3 is 0 Å². The maximum Gasteiger partial charge on any atom is 0.273 e. The van der Waals surface area contributed by atoms with Crippen molar-refractivity contribution in [1.29, 1.82) is 0 Å². The zero-order valence-electron chi connectivity index (χ0n) is 15.4. The number of rotatable bonds is 3. The zero-order chi connectivity index (χ0) is 20.2. The van der Waals surface area contributed by atoms with Gasteiger partial charge in [-0.3, -0.25) is 9.89 Å². The van der Waals surface area contributed by atoms with E-state index >= 15 is 0 Å². The molecule has 0 bridgehead atoms. The maximum atomic E-state index is 13.3. The van der Waals surface area contributed by atoms with Crippen molar-refractivity contribution in [2.45, 2.75) is 18.5 Å². The molecule has 0 radical (unpaired) electrons. The number of aromatic amines is 1. The Bertz CT molecular complexity index is 1200. The van der Waals surface area contributed by atoms with Gasteiger partial charge in [0.25, 0.3) is 5.91 Å². The van der Waals surface area contributed by atoms with Crippen molar-refractivity contribution < 1.29 is 18.3 Å². The number of aromatic nitrogens is 2. The highest BCUT2D eigenvalue weighted by Crippen LogP contribution is 2.46. The van der Waals surface area contributed by atoms with Crippen molar-refractivity contribution in [3.05, 3.63) is 71.4 Å². The third-order valence-electron chi connectivity index (χ3n) is 5.68. The molecule has 8 heteroatoms. The molecule has 3 aromatic rings. The third-order valence-corrected chi connectivity index (χ3v) is 7.43. The summed E-state index contributed by atoms with van der Waals surface area (Å²) in [5.41, 5.74) is 2.93. The Morgan fingerprint density at radius 1 is 1.07 bits per heavy atom. The van der Waals surface area contributed by atoms with Crippen molar-refractivity contribution in [3.8, 4) is 17.0 Å². The summed E-state index contributed by atoms with van der Waals surface area (Å²) in [5.74, 6) is -0.138. The number of nitrogens with one attached hydrogen (secondary N) is 1. The molecule has 1 saturated heterocycles. The average molecular weight is 409 g/mol. The molecule has 2 N–H and O–H groups in total. The van der Waals surface area contributed by atoms with Crippen molar-refractivity contribution >= 4 is 15.7 Å². The van der Waals surface area contributed by atoms with Gasteiger partial charge in [-0.05, 0) is 24.1 Å². The van der Waals surface area contributed by atoms with E-state index in [9.17, 15) is 18.3 Å². The third kappa shape index (κ3) is 2.82. The molecule has 2 aliphatic heterocycles. The molecule has 29 heavy (non-hydrogen) atoms. The Kier molecular flexibility index (Phi) is 3.99. The molecular weight excluding hydrogens is 390 g/mol. The minimum atomic E-state index is -3.16. The lowest BCUT2D eigenvalue weighted by Gasteiger charge is -2.31. The summed E-state index contributed by atoms with van der Waals surface area (Å²) in [6.45, 7) is 0. The molecule has 5 rings (SSSR count). The standard InChI is InChI=1S/C21H19N3O4S/c25-16-9-5-4-8-15(16)18-17-19(23-22-18)21(26)24(14-10-11-29(27,28)12-14)20(17)13-6-2-1-3-7-13/h1-9,14,20,25H,10-12H2,(H,22,23)/t14-,20-/m0/s1. The highest BCUT2D eigenvalue weighted by molar-refractivity contribution is 7.91. The molecule has 0 saturated carbocycles. The van der Waals surface area contributed by atoms with Gasteiger partial charge in [0.2, 0.25) is 0 Å². The highest BCUT2D eigenvalue weighted by Gasteiger charge is 2.48. The van der Waals surface area contributed by atoms with Crippen LogP contribution in [-0.4, -0.2) is 52.1 Å². The monoisotopic (exact) mass is 409 g/mol. The number of H-pyrrole nitrogens is 1. The number of nitrogens with zero attached hydrogens (tertiary/aromatic N) is 2. The maximum absolute atomic E-state index is 13.3. The van der Waals surface area contributed by atoms with Crippen LogP contribution in [0.1, 0.15) is 34.1 Å². The number of para-hydroxylation sites is 1. The molecule has 148 valence electrons. The van der Waals surface area contributed by atoms with Crippen LogP contribution in [0.3, 0.4) is 0 Å². The Morgan fingerprint density at radius 3 is 2.48 bits per heavy atom. The minimum absolute atomic E-state index is 0.0360. The van der Waals surface area contributed by atoms with E-state index in [0.717, 1.165) is 5.56 Å². The second-order valence-electron chi connectivity index (χ2n) is 7.46. The minimum Gasteiger partial charge on any atom is -0.507 e. The lowest BCUT2D eigenvalue weighted by atomic mass is 9.95. The number of amides is 1. The van der Waals surface area contributed by atoms with Crippen LogP contribution in [0.5, 0.6) is 5.75 Å². The van der Waals surface area contributed by atoms with Gasteiger partial charge in [-0.2, -0.15) is 5.10 Å². The van der Waals surface area contributed by atoms with Crippen LogP contribution in [0.4, 0.5) is 0 Å². The number of phenolic OH excluding ortho intramolecular Hbond substituents is 1. The van der Waals surface area contributed by atoms with Crippen LogP contribution in [0, 0.1) is 0 Å². The fraction of sp³-hybridized carbons (Fsp3) is 0.238. The molecule has 2 atom stereocenters. The van der Waals surface area contributed by atoms with Gasteiger partial charge in [-0.1, -0.05) is 42.5 Å². The van der Waals surface area contributed by atoms with E-state index in [4.69, 9.17) is 0 Å². The predicted molar refractivity (Wildman–Crippen MR) is 107 cm³/mol. The Morgan fingerprint density at radius 2 is 1.79 bits per heavy atom. The molecular formula is C21H19N3O4S. The number of fused-ring (bicyclic) bond motifs is 1. The van der Waals surface area contributed by atoms with Gasteiger partial charge < -0.3 is 10.0 Å². The number of aromatic hydroxyl groups is 1. The zero-order valence-corrected chi connectivity index (χ0v) is 16.3. The predicted octanol–water partition coefficient (Wildman–Crippen LogP) is 2.51. The van der Waals surface area contributed by atoms with Gasteiger partial charge in [0, 0.05) is 17.2 Å². The number of benzene rings is 2. The summed E-state index contributed by atoms with van der Waals surface area (Å²) >= 11 is 0. The number of hydrogen-bond acceptors (Lipinski definition) is 5. The number of carbonyl (C=O) groups is 1. The van der Waals surface area contributed by atoms with Crippen LogP contribution < -0.4 is 0 Å². The van der Waals surface area contributed by atoms with Crippen LogP contribution in [0.25, 0.3) is 11.3 Å². The van der Waals surface area contributed by atoms with E-state index in [0.29, 0.717) is 28.9 Å². The van der Waals surface area contributed by atoms with Crippen molar-refractivity contribution in [1.82, 2.24) is 15.1 Å². The lowest BCUT2D eigenvalue weighted by molar-refractivity contribution is 0.0678. The van der Waals surface area contributed by atoms with E-state index in [2.05, 4.69) is 10.2 Å². The van der Waals surface area contributed by atoms with Crippen molar-refractivity contribution in [3.63, 3.8) is 0 Å². The summed E-state index contributed by atoms with van der Waals surface area (Å²) in [6.07, 6.45) is 0.418. The first-order valence-corrected chi connectivity index (χ1v) is 11.2. The van der Waals surface area contributed by atoms with Gasteiger partial charge in [-0.25, -0.2) is 8.42 Å². The van der Waals surface area contributed by atoms with E-state index in [-0.39, 0.29) is 23.2 Å². The smallest absolute Gasteiger partial charge is 0.273 e. The molecule has 0 spiro atoms. The van der Waals surface area contributed by atoms with Crippen molar-refractivity contribution in [2.24, 2.45) is 0 Å². The summed E-state index contributed by atoms with van der Waals surface area (Å²) < 4.78 is 24.2. The van der Waals surface area contributed by atoms with Gasteiger partial charge in [0.1, 0.15) is 17.1 Å². The van der Waals surface area contributed by atoms with E-state index in [1.54, 1.807) is 29.2 Å². The number of phenols is 1. The van der Waals surface area contributed by atoms with E-state index in [1.165, 1.54) is 0 Å². The van der Waals surface area contributed by atoms with Crippen LogP contribution in [0.2, 0.25) is 0 Å². The topological polar surface area (TPSA) is 103 Å². The number of carbonyl (C=O) groups excluding carboxylic acids is 1. The fourth-order valence-corrected chi connectivity index (χ4v) is 6.09. The molecule has 3 heterocycles. The van der Waals surface area contributed by atoms with E-state index < -0.39 is 21.9 Å². The Hall–Kier alpha value is -3.13. The van der Waals surface area contributed by atoms with Crippen LogP contribution in [0.15, 0.2) is 54.6 Å². The molecule has 7 nitrogen and oxygen atoms in total. The Balaban J connectivity index is 1.69. The Labute approximate surface area is 167 Å². The average Bonchev–Trinajstić information content (AvgIpc) is 3.36. The summed E-state index contributed by atoms with van der Waals surface area (Å²) in [4.78, 5) is 15.0. The highest BCUT2D eigenvalue weighted by atomic mass is 32.2. The molecule has 2 aliphatic rings. The summed E-state index contributed by atoms with van der Waals surface area (Å²) in [6, 6.07) is 15.5.